The fourth-order valence-electron chi connectivity index (χ4n) is 3.05. The van der Waals surface area contributed by atoms with Crippen LogP contribution >= 0.6 is 0 Å². The van der Waals surface area contributed by atoms with Gasteiger partial charge in [-0.15, -0.1) is 0 Å². The Bertz CT molecular complexity index is 642. The van der Waals surface area contributed by atoms with E-state index in [1.54, 1.807) is 0 Å². The van der Waals surface area contributed by atoms with E-state index in [0.717, 1.165) is 55.8 Å². The van der Waals surface area contributed by atoms with Crippen molar-refractivity contribution in [3.8, 4) is 0 Å². The zero-order chi connectivity index (χ0) is 14.9. The third-order valence-corrected chi connectivity index (χ3v) is 4.43. The molecular weight excluding hydrogens is 278 g/mol. The first-order valence-corrected chi connectivity index (χ1v) is 8.22. The first kappa shape index (κ1) is 14.0. The van der Waals surface area contributed by atoms with Crippen molar-refractivity contribution >= 4 is 0 Å². The number of furan rings is 1. The van der Waals surface area contributed by atoms with Gasteiger partial charge in [0.25, 0.3) is 0 Å². The lowest BCUT2D eigenvalue weighted by Gasteiger charge is -2.22. The summed E-state index contributed by atoms with van der Waals surface area (Å²) in [7, 11) is 0. The van der Waals surface area contributed by atoms with Gasteiger partial charge in [-0.1, -0.05) is 0 Å². The van der Waals surface area contributed by atoms with E-state index in [1.165, 1.54) is 18.4 Å². The molecule has 1 fully saturated rings. The van der Waals surface area contributed by atoms with Crippen LogP contribution in [0.4, 0.5) is 0 Å². The zero-order valence-electron chi connectivity index (χ0n) is 13.0. The van der Waals surface area contributed by atoms with Gasteiger partial charge >= 0.3 is 0 Å². The van der Waals surface area contributed by atoms with E-state index in [9.17, 15) is 0 Å². The highest BCUT2D eigenvalue weighted by atomic mass is 16.5. The molecule has 1 aliphatic carbocycles. The van der Waals surface area contributed by atoms with Gasteiger partial charge in [-0.2, -0.15) is 5.10 Å². The number of ether oxygens (including phenoxy) is 1. The molecule has 118 valence electrons. The van der Waals surface area contributed by atoms with E-state index >= 15 is 0 Å². The summed E-state index contributed by atoms with van der Waals surface area (Å²) < 4.78 is 13.6. The molecule has 0 unspecified atom stereocenters. The number of nitrogens with zero attached hydrogens (tertiary/aromatic N) is 2. The standard InChI is InChI=1S/C17H23N3O2/c1-12-2-5-15(22-12)8-18-9-16-17-14(6-7-21-16)11-20(19-17)10-13-3-4-13/h2,5,11,13,16,18H,3-4,6-10H2,1H3/t16-/m1/s1. The molecule has 5 heteroatoms. The second-order valence-electron chi connectivity index (χ2n) is 6.46. The number of aromatic nitrogens is 2. The van der Waals surface area contributed by atoms with Crippen molar-refractivity contribution in [2.75, 3.05) is 13.2 Å². The van der Waals surface area contributed by atoms with Crippen molar-refractivity contribution in [2.45, 2.75) is 45.4 Å². The lowest BCUT2D eigenvalue weighted by atomic mass is 10.1. The van der Waals surface area contributed by atoms with Crippen molar-refractivity contribution in [1.29, 1.82) is 0 Å². The van der Waals surface area contributed by atoms with Crippen LogP contribution in [0.15, 0.2) is 22.7 Å². The van der Waals surface area contributed by atoms with Gasteiger partial charge in [0.15, 0.2) is 0 Å². The molecule has 5 nitrogen and oxygen atoms in total. The molecule has 22 heavy (non-hydrogen) atoms. The summed E-state index contributed by atoms with van der Waals surface area (Å²) in [6, 6.07) is 4.01. The number of nitrogens with one attached hydrogen (secondary N) is 1. The number of hydrogen-bond acceptors (Lipinski definition) is 4. The Morgan fingerprint density at radius 2 is 2.27 bits per heavy atom. The molecule has 4 rings (SSSR count). The molecule has 0 saturated heterocycles. The van der Waals surface area contributed by atoms with Crippen molar-refractivity contribution < 1.29 is 9.15 Å². The highest BCUT2D eigenvalue weighted by Crippen LogP contribution is 2.32. The Morgan fingerprint density at radius 3 is 3.05 bits per heavy atom. The summed E-state index contributed by atoms with van der Waals surface area (Å²) in [4.78, 5) is 0. The molecule has 2 aliphatic rings. The van der Waals surface area contributed by atoms with Crippen molar-refractivity contribution in [3.05, 3.63) is 41.1 Å². The van der Waals surface area contributed by atoms with Crippen LogP contribution in [0.1, 0.15) is 41.7 Å². The fourth-order valence-corrected chi connectivity index (χ4v) is 3.05. The second-order valence-corrected chi connectivity index (χ2v) is 6.46. The molecule has 1 atom stereocenters. The molecule has 0 spiro atoms. The minimum atomic E-state index is 0.0558. The first-order chi connectivity index (χ1) is 10.8. The molecular formula is C17H23N3O2. The molecule has 2 aromatic rings. The maximum Gasteiger partial charge on any atom is 0.117 e. The van der Waals surface area contributed by atoms with Gasteiger partial charge in [-0.3, -0.25) is 4.68 Å². The Balaban J connectivity index is 1.37. The predicted molar refractivity (Wildman–Crippen MR) is 82.5 cm³/mol. The summed E-state index contributed by atoms with van der Waals surface area (Å²) in [5.74, 6) is 2.76. The van der Waals surface area contributed by atoms with Crippen molar-refractivity contribution in [3.63, 3.8) is 0 Å². The first-order valence-electron chi connectivity index (χ1n) is 8.22. The average molecular weight is 301 g/mol. The molecule has 1 aliphatic heterocycles. The van der Waals surface area contributed by atoms with E-state index in [1.807, 2.05) is 19.1 Å². The quantitative estimate of drug-likeness (QED) is 0.891. The Morgan fingerprint density at radius 1 is 1.36 bits per heavy atom. The minimum absolute atomic E-state index is 0.0558. The van der Waals surface area contributed by atoms with Crippen LogP contribution in [-0.4, -0.2) is 22.9 Å². The van der Waals surface area contributed by atoms with Crippen molar-refractivity contribution in [1.82, 2.24) is 15.1 Å². The molecule has 1 N–H and O–H groups in total. The van der Waals surface area contributed by atoms with Crippen LogP contribution in [0, 0.1) is 12.8 Å². The summed E-state index contributed by atoms with van der Waals surface area (Å²) >= 11 is 0. The molecule has 0 bridgehead atoms. The topological polar surface area (TPSA) is 52.2 Å². The zero-order valence-corrected chi connectivity index (χ0v) is 13.0. The van der Waals surface area contributed by atoms with Gasteiger partial charge in [0, 0.05) is 19.3 Å². The summed E-state index contributed by atoms with van der Waals surface area (Å²) in [5.41, 5.74) is 2.47. The highest BCUT2D eigenvalue weighted by Gasteiger charge is 2.27. The number of aryl methyl sites for hydroxylation is 1. The predicted octanol–water partition coefficient (Wildman–Crippen LogP) is 2.60. The lowest BCUT2D eigenvalue weighted by molar-refractivity contribution is 0.0390. The van der Waals surface area contributed by atoms with E-state index in [-0.39, 0.29) is 6.10 Å². The third-order valence-electron chi connectivity index (χ3n) is 4.43. The Hall–Kier alpha value is -1.59. The Labute approximate surface area is 130 Å². The molecule has 1 saturated carbocycles. The fraction of sp³-hybridized carbons (Fsp3) is 0.588. The van der Waals surface area contributed by atoms with Crippen LogP contribution in [0.3, 0.4) is 0 Å². The highest BCUT2D eigenvalue weighted by molar-refractivity contribution is 5.22. The van der Waals surface area contributed by atoms with Gasteiger partial charge in [0.05, 0.1) is 18.8 Å². The molecule has 0 aromatic carbocycles. The average Bonchev–Trinajstić information content (AvgIpc) is 3.05. The van der Waals surface area contributed by atoms with E-state index in [2.05, 4.69) is 16.2 Å². The monoisotopic (exact) mass is 301 g/mol. The van der Waals surface area contributed by atoms with Crippen LogP contribution in [0.2, 0.25) is 0 Å². The number of fused-ring (bicyclic) bond motifs is 1. The van der Waals surface area contributed by atoms with Gasteiger partial charge in [0.2, 0.25) is 0 Å². The third kappa shape index (κ3) is 3.10. The summed E-state index contributed by atoms with van der Waals surface area (Å²) in [6.07, 6.45) is 5.97. The van der Waals surface area contributed by atoms with Crippen LogP contribution < -0.4 is 5.32 Å². The smallest absolute Gasteiger partial charge is 0.117 e. The van der Waals surface area contributed by atoms with E-state index in [4.69, 9.17) is 14.3 Å². The minimum Gasteiger partial charge on any atom is -0.465 e. The number of hydrogen-bond donors (Lipinski definition) is 1. The van der Waals surface area contributed by atoms with Gasteiger partial charge in [0.1, 0.15) is 17.6 Å². The van der Waals surface area contributed by atoms with E-state index < -0.39 is 0 Å². The van der Waals surface area contributed by atoms with Gasteiger partial charge in [-0.05, 0) is 49.8 Å². The van der Waals surface area contributed by atoms with Crippen LogP contribution in [0.25, 0.3) is 0 Å². The number of rotatable bonds is 6. The van der Waals surface area contributed by atoms with Crippen LogP contribution in [0.5, 0.6) is 0 Å². The maximum absolute atomic E-state index is 5.91. The van der Waals surface area contributed by atoms with Crippen molar-refractivity contribution in [2.24, 2.45) is 5.92 Å². The Kier molecular flexibility index (Phi) is 3.76. The van der Waals surface area contributed by atoms with Gasteiger partial charge < -0.3 is 14.5 Å². The summed E-state index contributed by atoms with van der Waals surface area (Å²) in [6.45, 7) is 5.32. The molecule has 0 amide bonds. The van der Waals surface area contributed by atoms with E-state index in [0.29, 0.717) is 0 Å². The van der Waals surface area contributed by atoms with Crippen LogP contribution in [-0.2, 0) is 24.2 Å². The largest absolute Gasteiger partial charge is 0.465 e. The maximum atomic E-state index is 5.91. The molecule has 2 aromatic heterocycles. The molecule has 3 heterocycles. The lowest BCUT2D eigenvalue weighted by Crippen LogP contribution is -2.27. The SMILES string of the molecule is Cc1ccc(CNC[C@H]2OCCc3cn(CC4CC4)nc32)o1. The normalized spacial score (nSPS) is 21.0. The van der Waals surface area contributed by atoms with Gasteiger partial charge in [-0.25, -0.2) is 0 Å². The molecule has 0 radical (unpaired) electrons. The second kappa shape index (κ2) is 5.89. The summed E-state index contributed by atoms with van der Waals surface area (Å²) in [5, 5.41) is 8.19.